The van der Waals surface area contributed by atoms with E-state index in [1.807, 2.05) is 13.0 Å². The minimum atomic E-state index is -0.852. The highest BCUT2D eigenvalue weighted by Crippen LogP contribution is 2.14. The smallest absolute Gasteiger partial charge is 0.220 e. The molecular weight excluding hydrogens is 446 g/mol. The van der Waals surface area contributed by atoms with Crippen molar-refractivity contribution in [3.8, 4) is 0 Å². The molecule has 0 radical (unpaired) electrons. The molecule has 0 aliphatic heterocycles. The van der Waals surface area contributed by atoms with E-state index in [9.17, 15) is 15.0 Å². The second kappa shape index (κ2) is 28.4. The van der Waals surface area contributed by atoms with Gasteiger partial charge in [0, 0.05) is 6.42 Å². The van der Waals surface area contributed by atoms with Gasteiger partial charge in [-0.05, 0) is 32.1 Å². The van der Waals surface area contributed by atoms with Crippen molar-refractivity contribution in [3.05, 3.63) is 24.3 Å². The molecule has 1 amide bonds. The number of aliphatic hydroxyl groups excluding tert-OH is 2. The van der Waals surface area contributed by atoms with Gasteiger partial charge in [-0.1, -0.05) is 141 Å². The van der Waals surface area contributed by atoms with Gasteiger partial charge in [0.05, 0.1) is 18.8 Å². The van der Waals surface area contributed by atoms with Crippen molar-refractivity contribution in [2.45, 2.75) is 167 Å². The van der Waals surface area contributed by atoms with Crippen LogP contribution in [-0.2, 0) is 4.79 Å². The van der Waals surface area contributed by atoms with Crippen molar-refractivity contribution in [3.63, 3.8) is 0 Å². The Morgan fingerprint density at radius 3 is 1.58 bits per heavy atom. The van der Waals surface area contributed by atoms with Crippen LogP contribution in [0.3, 0.4) is 0 Å². The molecular formula is C32H61NO3. The maximum atomic E-state index is 11.8. The molecule has 0 aromatic heterocycles. The zero-order valence-electron chi connectivity index (χ0n) is 24.0. The van der Waals surface area contributed by atoms with Gasteiger partial charge in [-0.3, -0.25) is 4.79 Å². The molecule has 0 saturated heterocycles. The third kappa shape index (κ3) is 24.6. The number of nitrogens with one attached hydrogen (secondary N) is 1. The summed E-state index contributed by atoms with van der Waals surface area (Å²) < 4.78 is 0. The molecule has 212 valence electrons. The molecule has 0 rings (SSSR count). The van der Waals surface area contributed by atoms with Crippen molar-refractivity contribution in [1.29, 1.82) is 0 Å². The standard InChI is InChI=1S/C32H61NO3/c1-3-5-7-8-9-10-11-12-13-14-15-16-17-18-19-20-21-22-23-24-25-26-27-31(35)30(29-34)33-32(36)28-6-4-2/h22-23,26-27,30-31,34-35H,3-21,24-25,28-29H2,1-2H3,(H,33,36)/b23-22+,27-26+. The minimum Gasteiger partial charge on any atom is -0.394 e. The van der Waals surface area contributed by atoms with E-state index in [-0.39, 0.29) is 12.5 Å². The Bertz CT molecular complexity index is 518. The van der Waals surface area contributed by atoms with Crippen molar-refractivity contribution in [1.82, 2.24) is 5.32 Å². The maximum Gasteiger partial charge on any atom is 0.220 e. The Labute approximate surface area is 224 Å². The van der Waals surface area contributed by atoms with Crippen molar-refractivity contribution in [2.24, 2.45) is 0 Å². The molecule has 0 aromatic carbocycles. The van der Waals surface area contributed by atoms with E-state index in [0.29, 0.717) is 6.42 Å². The highest BCUT2D eigenvalue weighted by molar-refractivity contribution is 5.76. The Morgan fingerprint density at radius 2 is 1.08 bits per heavy atom. The molecule has 36 heavy (non-hydrogen) atoms. The fourth-order valence-electron chi connectivity index (χ4n) is 4.46. The summed E-state index contributed by atoms with van der Waals surface area (Å²) >= 11 is 0. The van der Waals surface area contributed by atoms with Gasteiger partial charge in [0.25, 0.3) is 0 Å². The SMILES string of the molecule is CCCCCCCCCCCCCCCCCC/C=C/CC/C=C/C(O)C(CO)NC(=O)CCCC. The number of carbonyl (C=O) groups excluding carboxylic acids is 1. The van der Waals surface area contributed by atoms with E-state index in [1.54, 1.807) is 6.08 Å². The number of carbonyl (C=O) groups is 1. The third-order valence-corrected chi connectivity index (χ3v) is 6.94. The van der Waals surface area contributed by atoms with Crippen molar-refractivity contribution < 1.29 is 15.0 Å². The number of hydrogen-bond acceptors (Lipinski definition) is 3. The van der Waals surface area contributed by atoms with E-state index in [4.69, 9.17) is 0 Å². The molecule has 0 aliphatic carbocycles. The molecule has 0 bridgehead atoms. The second-order valence-electron chi connectivity index (χ2n) is 10.5. The topological polar surface area (TPSA) is 69.6 Å². The summed E-state index contributed by atoms with van der Waals surface area (Å²) in [5, 5.41) is 22.3. The zero-order chi connectivity index (χ0) is 26.5. The zero-order valence-corrected chi connectivity index (χ0v) is 24.0. The van der Waals surface area contributed by atoms with Crippen LogP contribution in [0.2, 0.25) is 0 Å². The first-order chi connectivity index (χ1) is 17.7. The molecule has 0 aromatic rings. The van der Waals surface area contributed by atoms with Gasteiger partial charge in [-0.15, -0.1) is 0 Å². The maximum absolute atomic E-state index is 11.8. The lowest BCUT2D eigenvalue weighted by atomic mass is 10.0. The molecule has 3 N–H and O–H groups in total. The minimum absolute atomic E-state index is 0.111. The van der Waals surface area contributed by atoms with Gasteiger partial charge in [0.1, 0.15) is 0 Å². The average Bonchev–Trinajstić information content (AvgIpc) is 2.88. The van der Waals surface area contributed by atoms with Crippen LogP contribution in [0.1, 0.15) is 155 Å². The molecule has 0 heterocycles. The fraction of sp³-hybridized carbons (Fsp3) is 0.844. The second-order valence-corrected chi connectivity index (χ2v) is 10.5. The Kier molecular flexibility index (Phi) is 27.5. The number of hydrogen-bond donors (Lipinski definition) is 3. The summed E-state index contributed by atoms with van der Waals surface area (Å²) in [5.41, 5.74) is 0. The van der Waals surface area contributed by atoms with E-state index in [2.05, 4.69) is 24.4 Å². The molecule has 0 spiro atoms. The summed E-state index contributed by atoms with van der Waals surface area (Å²) in [5.74, 6) is -0.111. The van der Waals surface area contributed by atoms with Crippen LogP contribution < -0.4 is 5.32 Å². The summed E-state index contributed by atoms with van der Waals surface area (Å²) in [6.45, 7) is 4.06. The predicted octanol–water partition coefficient (Wildman–Crippen LogP) is 8.56. The van der Waals surface area contributed by atoms with Crippen LogP contribution >= 0.6 is 0 Å². The first-order valence-corrected chi connectivity index (χ1v) is 15.6. The molecule has 2 unspecified atom stereocenters. The Morgan fingerprint density at radius 1 is 0.639 bits per heavy atom. The normalized spacial score (nSPS) is 13.6. The van der Waals surface area contributed by atoms with Gasteiger partial charge in [0.15, 0.2) is 0 Å². The number of rotatable bonds is 27. The fourth-order valence-corrected chi connectivity index (χ4v) is 4.46. The first kappa shape index (κ1) is 34.9. The molecule has 4 heteroatoms. The number of amides is 1. The van der Waals surface area contributed by atoms with Crippen molar-refractivity contribution in [2.75, 3.05) is 6.61 Å². The van der Waals surface area contributed by atoms with Gasteiger partial charge in [-0.25, -0.2) is 0 Å². The molecule has 0 aliphatic rings. The number of allylic oxidation sites excluding steroid dienone is 3. The number of unbranched alkanes of at least 4 members (excludes halogenated alkanes) is 18. The largest absolute Gasteiger partial charge is 0.394 e. The van der Waals surface area contributed by atoms with Crippen LogP contribution in [0.15, 0.2) is 24.3 Å². The Balaban J connectivity index is 3.48. The molecule has 4 nitrogen and oxygen atoms in total. The molecule has 0 fully saturated rings. The highest BCUT2D eigenvalue weighted by atomic mass is 16.3. The van der Waals surface area contributed by atoms with Gasteiger partial charge < -0.3 is 15.5 Å². The third-order valence-electron chi connectivity index (χ3n) is 6.94. The Hall–Kier alpha value is -1.13. The van der Waals surface area contributed by atoms with Crippen LogP contribution in [-0.4, -0.2) is 34.9 Å². The molecule has 0 saturated carbocycles. The summed E-state index contributed by atoms with van der Waals surface area (Å²) in [6, 6.07) is -0.629. The van der Waals surface area contributed by atoms with Crippen LogP contribution in [0.5, 0.6) is 0 Å². The lowest BCUT2D eigenvalue weighted by Crippen LogP contribution is -2.45. The number of aliphatic hydroxyl groups is 2. The quantitative estimate of drug-likeness (QED) is 0.0770. The van der Waals surface area contributed by atoms with E-state index in [0.717, 1.165) is 32.1 Å². The average molecular weight is 508 g/mol. The summed E-state index contributed by atoms with van der Waals surface area (Å²) in [6.07, 6.45) is 34.9. The van der Waals surface area contributed by atoms with Gasteiger partial charge in [-0.2, -0.15) is 0 Å². The molecule has 2 atom stereocenters. The van der Waals surface area contributed by atoms with Gasteiger partial charge >= 0.3 is 0 Å². The van der Waals surface area contributed by atoms with Crippen LogP contribution in [0, 0.1) is 0 Å². The summed E-state index contributed by atoms with van der Waals surface area (Å²) in [4.78, 5) is 11.8. The monoisotopic (exact) mass is 507 g/mol. The van der Waals surface area contributed by atoms with E-state index < -0.39 is 12.1 Å². The van der Waals surface area contributed by atoms with Crippen molar-refractivity contribution >= 4 is 5.91 Å². The predicted molar refractivity (Wildman–Crippen MR) is 156 cm³/mol. The van der Waals surface area contributed by atoms with Crippen LogP contribution in [0.25, 0.3) is 0 Å². The van der Waals surface area contributed by atoms with E-state index >= 15 is 0 Å². The first-order valence-electron chi connectivity index (χ1n) is 15.6. The van der Waals surface area contributed by atoms with E-state index in [1.165, 1.54) is 103 Å². The van der Waals surface area contributed by atoms with Gasteiger partial charge in [0.2, 0.25) is 5.91 Å². The van der Waals surface area contributed by atoms with Crippen LogP contribution in [0.4, 0.5) is 0 Å². The summed E-state index contributed by atoms with van der Waals surface area (Å²) in [7, 11) is 0. The lowest BCUT2D eigenvalue weighted by Gasteiger charge is -2.19. The lowest BCUT2D eigenvalue weighted by molar-refractivity contribution is -0.123. The highest BCUT2D eigenvalue weighted by Gasteiger charge is 2.17.